The zero-order valence-corrected chi connectivity index (χ0v) is 15.1. The molecule has 0 aliphatic carbocycles. The van der Waals surface area contributed by atoms with Crippen LogP contribution in [-0.2, 0) is 0 Å². The van der Waals surface area contributed by atoms with Crippen molar-refractivity contribution < 1.29 is 0 Å². The Bertz CT molecular complexity index is 541. The quantitative estimate of drug-likeness (QED) is 0.636. The van der Waals surface area contributed by atoms with Crippen LogP contribution in [0.15, 0.2) is 60.7 Å². The van der Waals surface area contributed by atoms with Crippen LogP contribution in [0, 0.1) is 0 Å². The van der Waals surface area contributed by atoms with Gasteiger partial charge in [0.05, 0.1) is 0 Å². The molecule has 22 heavy (non-hydrogen) atoms. The molecular weight excluding hydrogens is 302 g/mol. The summed E-state index contributed by atoms with van der Waals surface area (Å²) in [7, 11) is -1.75. The number of rotatable bonds is 5. The number of hydrogen-bond donors (Lipinski definition) is 2. The highest BCUT2D eigenvalue weighted by atomic mass is 32.1. The monoisotopic (exact) mass is 327 g/mol. The Morgan fingerprint density at radius 2 is 1.59 bits per heavy atom. The van der Waals surface area contributed by atoms with Crippen molar-refractivity contribution >= 4 is 31.1 Å². The zero-order chi connectivity index (χ0) is 15.4. The lowest BCUT2D eigenvalue weighted by Crippen LogP contribution is -2.58. The lowest BCUT2D eigenvalue weighted by atomic mass is 10.2. The molecule has 0 amide bonds. The van der Waals surface area contributed by atoms with E-state index in [0.29, 0.717) is 11.3 Å². The van der Waals surface area contributed by atoms with E-state index < -0.39 is 8.07 Å². The van der Waals surface area contributed by atoms with Crippen LogP contribution in [0.5, 0.6) is 0 Å². The fourth-order valence-electron chi connectivity index (χ4n) is 3.61. The van der Waals surface area contributed by atoms with Gasteiger partial charge in [0.25, 0.3) is 0 Å². The van der Waals surface area contributed by atoms with Crippen molar-refractivity contribution in [3.05, 3.63) is 60.7 Å². The SMILES string of the molecule is C[Si](C[C@@H](S)[C@@H]1CCCN1)(c1ccccc1)c1ccccc1. The van der Waals surface area contributed by atoms with Crippen LogP contribution >= 0.6 is 12.6 Å². The maximum atomic E-state index is 4.99. The third-order valence-corrected chi connectivity index (χ3v) is 10.4. The number of thiol groups is 1. The van der Waals surface area contributed by atoms with Gasteiger partial charge in [0, 0.05) is 11.3 Å². The molecule has 1 aliphatic rings. The topological polar surface area (TPSA) is 12.0 Å². The number of benzene rings is 2. The molecule has 2 aromatic rings. The predicted molar refractivity (Wildman–Crippen MR) is 102 cm³/mol. The van der Waals surface area contributed by atoms with Crippen molar-refractivity contribution in [3.8, 4) is 0 Å². The summed E-state index contributed by atoms with van der Waals surface area (Å²) < 4.78 is 0. The van der Waals surface area contributed by atoms with Crippen LogP contribution in [0.3, 0.4) is 0 Å². The van der Waals surface area contributed by atoms with Crippen LogP contribution in [0.4, 0.5) is 0 Å². The van der Waals surface area contributed by atoms with E-state index in [1.165, 1.54) is 29.3 Å². The molecule has 1 N–H and O–H groups in total. The molecular formula is C19H25NSSi. The normalized spacial score (nSPS) is 20.0. The molecule has 1 saturated heterocycles. The van der Waals surface area contributed by atoms with E-state index in [9.17, 15) is 0 Å². The van der Waals surface area contributed by atoms with E-state index in [4.69, 9.17) is 12.6 Å². The van der Waals surface area contributed by atoms with Gasteiger partial charge in [0.1, 0.15) is 8.07 Å². The Labute approximate surface area is 140 Å². The minimum absolute atomic E-state index is 0.430. The van der Waals surface area contributed by atoms with Crippen LogP contribution < -0.4 is 15.7 Å². The Kier molecular flexibility index (Phi) is 5.06. The standard InChI is InChI=1S/C19H25NSSi/c1-22(16-9-4-2-5-10-16,17-11-6-3-7-12-17)15-19(21)18-13-8-14-20-18/h2-7,9-12,18-21H,8,13-15H2,1H3/t18-,19+/m0/s1. The molecule has 1 nitrogen and oxygen atoms in total. The average molecular weight is 328 g/mol. The summed E-state index contributed by atoms with van der Waals surface area (Å²) in [6.07, 6.45) is 2.55. The predicted octanol–water partition coefficient (Wildman–Crippen LogP) is 2.93. The van der Waals surface area contributed by atoms with E-state index >= 15 is 0 Å². The van der Waals surface area contributed by atoms with Crippen molar-refractivity contribution in [2.24, 2.45) is 0 Å². The minimum atomic E-state index is -1.75. The Hall–Kier alpha value is -1.03. The highest BCUT2D eigenvalue weighted by Gasteiger charge is 2.36. The van der Waals surface area contributed by atoms with Gasteiger partial charge in [-0.1, -0.05) is 77.6 Å². The molecule has 1 aliphatic heterocycles. The maximum absolute atomic E-state index is 4.99. The van der Waals surface area contributed by atoms with Crippen molar-refractivity contribution in [1.29, 1.82) is 0 Å². The fourth-order valence-corrected chi connectivity index (χ4v) is 8.75. The van der Waals surface area contributed by atoms with Gasteiger partial charge in [-0.15, -0.1) is 0 Å². The third-order valence-electron chi connectivity index (χ3n) is 5.00. The molecule has 3 rings (SSSR count). The van der Waals surface area contributed by atoms with E-state index in [0.717, 1.165) is 6.54 Å². The van der Waals surface area contributed by atoms with Crippen molar-refractivity contribution in [3.63, 3.8) is 0 Å². The number of nitrogens with one attached hydrogen (secondary N) is 1. The molecule has 2 atom stereocenters. The largest absolute Gasteiger partial charge is 0.313 e. The summed E-state index contributed by atoms with van der Waals surface area (Å²) in [5.74, 6) is 0. The highest BCUT2D eigenvalue weighted by Crippen LogP contribution is 2.23. The van der Waals surface area contributed by atoms with Gasteiger partial charge in [-0.3, -0.25) is 0 Å². The third kappa shape index (κ3) is 3.32. The second-order valence-corrected chi connectivity index (χ2v) is 11.4. The van der Waals surface area contributed by atoms with Gasteiger partial charge in [0.2, 0.25) is 0 Å². The molecule has 3 heteroatoms. The fraction of sp³-hybridized carbons (Fsp3) is 0.368. The molecule has 0 radical (unpaired) electrons. The molecule has 2 aromatic carbocycles. The molecule has 0 bridgehead atoms. The smallest absolute Gasteiger partial charge is 0.116 e. The summed E-state index contributed by atoms with van der Waals surface area (Å²) in [6, 6.07) is 23.9. The molecule has 1 fully saturated rings. The summed E-state index contributed by atoms with van der Waals surface area (Å²) in [5.41, 5.74) is 0. The van der Waals surface area contributed by atoms with E-state index in [1.54, 1.807) is 0 Å². The summed E-state index contributed by atoms with van der Waals surface area (Å²) >= 11 is 4.99. The van der Waals surface area contributed by atoms with Gasteiger partial charge in [-0.2, -0.15) is 12.6 Å². The van der Waals surface area contributed by atoms with E-state index in [1.807, 2.05) is 0 Å². The first-order valence-corrected chi connectivity index (χ1v) is 11.4. The number of hydrogen-bond acceptors (Lipinski definition) is 2. The first-order chi connectivity index (χ1) is 10.7. The maximum Gasteiger partial charge on any atom is 0.116 e. The molecule has 116 valence electrons. The van der Waals surface area contributed by atoms with Crippen LogP contribution in [0.2, 0.25) is 12.6 Å². The van der Waals surface area contributed by atoms with E-state index in [2.05, 4.69) is 72.5 Å². The van der Waals surface area contributed by atoms with Gasteiger partial charge >= 0.3 is 0 Å². The first-order valence-electron chi connectivity index (χ1n) is 8.23. The van der Waals surface area contributed by atoms with Gasteiger partial charge < -0.3 is 5.32 Å². The highest BCUT2D eigenvalue weighted by molar-refractivity contribution is 7.81. The Morgan fingerprint density at radius 3 is 2.05 bits per heavy atom. The molecule has 0 spiro atoms. The van der Waals surface area contributed by atoms with Crippen molar-refractivity contribution in [2.75, 3.05) is 6.54 Å². The molecule has 0 aromatic heterocycles. The average Bonchev–Trinajstić information content (AvgIpc) is 3.11. The van der Waals surface area contributed by atoms with Crippen molar-refractivity contribution in [2.45, 2.75) is 36.7 Å². The van der Waals surface area contributed by atoms with Crippen LogP contribution in [0.1, 0.15) is 12.8 Å². The Balaban J connectivity index is 1.93. The van der Waals surface area contributed by atoms with E-state index in [-0.39, 0.29) is 0 Å². The van der Waals surface area contributed by atoms with Crippen molar-refractivity contribution in [1.82, 2.24) is 5.32 Å². The van der Waals surface area contributed by atoms with Crippen LogP contribution in [-0.4, -0.2) is 25.9 Å². The van der Waals surface area contributed by atoms with Gasteiger partial charge in [0.15, 0.2) is 0 Å². The lowest BCUT2D eigenvalue weighted by Gasteiger charge is -2.33. The molecule has 1 heterocycles. The Morgan fingerprint density at radius 1 is 1.05 bits per heavy atom. The van der Waals surface area contributed by atoms with Crippen LogP contribution in [0.25, 0.3) is 0 Å². The second-order valence-electron chi connectivity index (χ2n) is 6.54. The summed E-state index contributed by atoms with van der Waals surface area (Å²) in [5, 5.41) is 7.08. The van der Waals surface area contributed by atoms with Gasteiger partial charge in [-0.25, -0.2) is 0 Å². The summed E-state index contributed by atoms with van der Waals surface area (Å²) in [6.45, 7) is 3.65. The zero-order valence-electron chi connectivity index (χ0n) is 13.2. The first kappa shape index (κ1) is 15.8. The molecule has 0 unspecified atom stereocenters. The minimum Gasteiger partial charge on any atom is -0.313 e. The second kappa shape index (κ2) is 7.03. The lowest BCUT2D eigenvalue weighted by molar-refractivity contribution is 0.599. The summed E-state index contributed by atoms with van der Waals surface area (Å²) in [4.78, 5) is 0. The molecule has 0 saturated carbocycles. The van der Waals surface area contributed by atoms with Gasteiger partial charge in [-0.05, 0) is 25.4 Å².